The number of amides is 1. The minimum absolute atomic E-state index is 0.0279. The second-order valence-electron chi connectivity index (χ2n) is 8.11. The van der Waals surface area contributed by atoms with Gasteiger partial charge in [-0.3, -0.25) is 9.59 Å². The summed E-state index contributed by atoms with van der Waals surface area (Å²) in [6.45, 7) is 3.82. The highest BCUT2D eigenvalue weighted by molar-refractivity contribution is 7.92. The molecular formula is C25H21FN4O3S. The zero-order valence-electron chi connectivity index (χ0n) is 18.5. The number of aromatic nitrogens is 2. The number of benzene rings is 2. The maximum absolute atomic E-state index is 13.5. The first kappa shape index (κ1) is 22.0. The molecule has 4 aromatic rings. The minimum atomic E-state index is -0.498. The van der Waals surface area contributed by atoms with Crippen LogP contribution in [0.1, 0.15) is 43.7 Å². The molecule has 0 atom stereocenters. The number of rotatable bonds is 4. The third-order valence-corrected chi connectivity index (χ3v) is 6.63. The van der Waals surface area contributed by atoms with E-state index < -0.39 is 5.78 Å². The fraction of sp³-hybridized carbons (Fsp3) is 0.160. The standard InChI is InChI=1S/C25H21FN4O3S/c1-14-15(2)30(34-26)24(28-14)22(31)21-13-17-11-12-29(25(32)16-7-9-18(27)10-8-16)20-6-4-3-5-19(20)23(17)33-21/h3-10,13H,11-12,27H2,1-2H3. The third-order valence-electron chi connectivity index (χ3n) is 6.05. The lowest BCUT2D eigenvalue weighted by Crippen LogP contribution is -2.32. The van der Waals surface area contributed by atoms with Crippen LogP contribution in [-0.4, -0.2) is 27.2 Å². The van der Waals surface area contributed by atoms with Gasteiger partial charge in [0.1, 0.15) is 5.76 Å². The number of hydrogen-bond acceptors (Lipinski definition) is 6. The van der Waals surface area contributed by atoms with E-state index in [4.69, 9.17) is 10.2 Å². The molecule has 1 aliphatic heterocycles. The maximum atomic E-state index is 13.5. The molecule has 3 heterocycles. The first-order valence-electron chi connectivity index (χ1n) is 10.7. The van der Waals surface area contributed by atoms with Gasteiger partial charge in [0.05, 0.1) is 17.1 Å². The van der Waals surface area contributed by atoms with Crippen molar-refractivity contribution in [3.63, 3.8) is 0 Å². The van der Waals surface area contributed by atoms with E-state index in [2.05, 4.69) is 4.98 Å². The summed E-state index contributed by atoms with van der Waals surface area (Å²) in [6.07, 6.45) is 0.478. The van der Waals surface area contributed by atoms with Crippen molar-refractivity contribution in [2.75, 3.05) is 17.2 Å². The molecule has 0 fully saturated rings. The van der Waals surface area contributed by atoms with Gasteiger partial charge >= 0.3 is 0 Å². The third kappa shape index (κ3) is 3.58. The van der Waals surface area contributed by atoms with E-state index in [-0.39, 0.29) is 29.8 Å². The van der Waals surface area contributed by atoms with Gasteiger partial charge in [-0.15, -0.1) is 3.89 Å². The topological polar surface area (TPSA) is 94.4 Å². The molecule has 1 aliphatic rings. The summed E-state index contributed by atoms with van der Waals surface area (Å²) in [7, 11) is 0. The van der Waals surface area contributed by atoms with E-state index in [1.165, 1.54) is 0 Å². The highest BCUT2D eigenvalue weighted by Gasteiger charge is 2.30. The summed E-state index contributed by atoms with van der Waals surface area (Å²) in [5.41, 5.74) is 10.2. The lowest BCUT2D eigenvalue weighted by atomic mass is 10.1. The van der Waals surface area contributed by atoms with Gasteiger partial charge in [-0.2, -0.15) is 0 Å². The molecule has 5 rings (SSSR count). The number of furan rings is 1. The highest BCUT2D eigenvalue weighted by Crippen LogP contribution is 2.39. The van der Waals surface area contributed by atoms with E-state index in [1.54, 1.807) is 49.1 Å². The Balaban J connectivity index is 1.55. The van der Waals surface area contributed by atoms with Crippen LogP contribution in [0.3, 0.4) is 0 Å². The summed E-state index contributed by atoms with van der Waals surface area (Å²) in [6, 6.07) is 15.9. The van der Waals surface area contributed by atoms with E-state index in [0.717, 1.165) is 9.54 Å². The van der Waals surface area contributed by atoms with Crippen LogP contribution in [0.5, 0.6) is 0 Å². The number of anilines is 2. The lowest BCUT2D eigenvalue weighted by Gasteiger charge is -2.23. The number of nitrogens with zero attached hydrogens (tertiary/aromatic N) is 3. The second-order valence-corrected chi connectivity index (χ2v) is 8.61. The number of imidazole rings is 1. The lowest BCUT2D eigenvalue weighted by molar-refractivity contribution is 0.0983. The molecule has 172 valence electrons. The van der Waals surface area contributed by atoms with Crippen LogP contribution in [-0.2, 0) is 6.42 Å². The molecule has 34 heavy (non-hydrogen) atoms. The van der Waals surface area contributed by atoms with Crippen LogP contribution in [0.4, 0.5) is 15.3 Å². The van der Waals surface area contributed by atoms with Gasteiger partial charge < -0.3 is 15.1 Å². The first-order valence-corrected chi connectivity index (χ1v) is 11.4. The molecule has 0 bridgehead atoms. The Morgan fingerprint density at radius 1 is 1.12 bits per heavy atom. The predicted octanol–water partition coefficient (Wildman–Crippen LogP) is 5.16. The normalized spacial score (nSPS) is 12.7. The van der Waals surface area contributed by atoms with E-state index in [0.29, 0.717) is 52.6 Å². The highest BCUT2D eigenvalue weighted by atomic mass is 32.2. The summed E-state index contributed by atoms with van der Waals surface area (Å²) < 4.78 is 20.7. The number of aryl methyl sites for hydroxylation is 1. The Kier molecular flexibility index (Phi) is 5.49. The molecule has 2 aromatic carbocycles. The smallest absolute Gasteiger partial charge is 0.264 e. The summed E-state index contributed by atoms with van der Waals surface area (Å²) in [4.78, 5) is 32.4. The maximum Gasteiger partial charge on any atom is 0.264 e. The number of para-hydroxylation sites is 1. The zero-order chi connectivity index (χ0) is 24.0. The van der Waals surface area contributed by atoms with Crippen molar-refractivity contribution in [2.24, 2.45) is 0 Å². The van der Waals surface area contributed by atoms with Gasteiger partial charge in [-0.1, -0.05) is 12.1 Å². The van der Waals surface area contributed by atoms with Crippen LogP contribution in [0.15, 0.2) is 59.0 Å². The average Bonchev–Trinajstić information content (AvgIpc) is 3.35. The monoisotopic (exact) mass is 476 g/mol. The molecule has 0 saturated heterocycles. The van der Waals surface area contributed by atoms with Gasteiger partial charge in [-0.05, 0) is 62.7 Å². The van der Waals surface area contributed by atoms with Crippen molar-refractivity contribution in [3.8, 4) is 11.3 Å². The molecule has 9 heteroatoms. The summed E-state index contributed by atoms with van der Waals surface area (Å²) in [5, 5.41) is 0. The Labute approximate surface area is 199 Å². The van der Waals surface area contributed by atoms with Crippen LogP contribution >= 0.6 is 12.3 Å². The number of fused-ring (bicyclic) bond motifs is 3. The quantitative estimate of drug-likeness (QED) is 0.323. The molecule has 7 nitrogen and oxygen atoms in total. The SMILES string of the molecule is Cc1nc(C(=O)c2cc3c(o2)-c2ccccc2N(C(=O)c2ccc(N)cc2)CC3)n(SF)c1C. The molecule has 0 radical (unpaired) electrons. The van der Waals surface area contributed by atoms with Crippen LogP contribution in [0.25, 0.3) is 11.3 Å². The molecule has 2 aromatic heterocycles. The van der Waals surface area contributed by atoms with E-state index >= 15 is 0 Å². The average molecular weight is 477 g/mol. The molecule has 1 amide bonds. The van der Waals surface area contributed by atoms with Crippen molar-refractivity contribution in [3.05, 3.63) is 88.7 Å². The van der Waals surface area contributed by atoms with Gasteiger partial charge in [0.2, 0.25) is 0 Å². The molecular weight excluding hydrogens is 455 g/mol. The van der Waals surface area contributed by atoms with Gasteiger partial charge in [-0.25, -0.2) is 8.96 Å². The van der Waals surface area contributed by atoms with Crippen LogP contribution in [0.2, 0.25) is 0 Å². The van der Waals surface area contributed by atoms with Crippen molar-refractivity contribution < 1.29 is 17.9 Å². The number of nitrogens with two attached hydrogens (primary N) is 1. The molecule has 0 saturated carbocycles. The van der Waals surface area contributed by atoms with Crippen LogP contribution < -0.4 is 10.6 Å². The predicted molar refractivity (Wildman–Crippen MR) is 130 cm³/mol. The Bertz CT molecular complexity index is 1420. The zero-order valence-corrected chi connectivity index (χ0v) is 19.4. The minimum Gasteiger partial charge on any atom is -0.452 e. The number of ketones is 1. The van der Waals surface area contributed by atoms with Crippen molar-refractivity contribution in [2.45, 2.75) is 20.3 Å². The van der Waals surface area contributed by atoms with Gasteiger partial charge in [0.15, 0.2) is 23.9 Å². The number of carbonyl (C=O) groups excluding carboxylic acids is 2. The Morgan fingerprint density at radius 2 is 1.85 bits per heavy atom. The van der Waals surface area contributed by atoms with E-state index in [9.17, 15) is 13.5 Å². The summed E-state index contributed by atoms with van der Waals surface area (Å²) >= 11 is -0.0654. The Hall–Kier alpha value is -3.85. The van der Waals surface area contributed by atoms with Crippen molar-refractivity contribution in [1.29, 1.82) is 0 Å². The first-order chi connectivity index (χ1) is 16.4. The molecule has 0 spiro atoms. The largest absolute Gasteiger partial charge is 0.452 e. The summed E-state index contributed by atoms with van der Waals surface area (Å²) in [5.74, 6) is -0.0761. The Morgan fingerprint density at radius 3 is 2.59 bits per heavy atom. The van der Waals surface area contributed by atoms with Gasteiger partial charge in [0.25, 0.3) is 11.7 Å². The van der Waals surface area contributed by atoms with Crippen molar-refractivity contribution >= 4 is 35.4 Å². The van der Waals surface area contributed by atoms with Crippen LogP contribution in [0, 0.1) is 13.8 Å². The molecule has 2 N–H and O–H groups in total. The number of nitrogen functional groups attached to an aromatic ring is 1. The molecule has 0 unspecified atom stereocenters. The fourth-order valence-electron chi connectivity index (χ4n) is 4.13. The second kappa shape index (κ2) is 8.49. The fourth-order valence-corrected chi connectivity index (χ4v) is 4.55. The van der Waals surface area contributed by atoms with Crippen molar-refractivity contribution in [1.82, 2.24) is 8.96 Å². The number of hydrogen-bond donors (Lipinski definition) is 1. The van der Waals surface area contributed by atoms with Gasteiger partial charge in [0, 0.05) is 28.9 Å². The number of carbonyl (C=O) groups is 2. The molecule has 0 aliphatic carbocycles. The number of halogens is 1. The van der Waals surface area contributed by atoms with E-state index in [1.807, 2.05) is 24.3 Å².